The van der Waals surface area contributed by atoms with E-state index in [1.165, 1.54) is 11.3 Å². The number of hydrogen-bond acceptors (Lipinski definition) is 7. The lowest BCUT2D eigenvalue weighted by atomic mass is 10.0. The number of hydrogen-bond donors (Lipinski definition) is 2. The second-order valence-electron chi connectivity index (χ2n) is 8.12. The first-order chi connectivity index (χ1) is 17.0. The maximum Gasteiger partial charge on any atom is 0.424 e. The van der Waals surface area contributed by atoms with Crippen molar-refractivity contribution in [3.05, 3.63) is 79.7 Å². The van der Waals surface area contributed by atoms with Crippen LogP contribution in [0.15, 0.2) is 53.2 Å². The number of benzene rings is 1. The van der Waals surface area contributed by atoms with Gasteiger partial charge in [-0.15, -0.1) is 11.3 Å². The summed E-state index contributed by atoms with van der Waals surface area (Å²) in [4.78, 5) is 24.6. The Hall–Kier alpha value is -3.16. The Kier molecular flexibility index (Phi) is 8.55. The van der Waals surface area contributed by atoms with Crippen molar-refractivity contribution in [2.45, 2.75) is 25.4 Å². The van der Waals surface area contributed by atoms with Gasteiger partial charge in [-0.05, 0) is 54.1 Å². The van der Waals surface area contributed by atoms with Gasteiger partial charge in [0.1, 0.15) is 11.5 Å². The van der Waals surface area contributed by atoms with E-state index in [2.05, 4.69) is 11.8 Å². The van der Waals surface area contributed by atoms with Crippen molar-refractivity contribution < 1.29 is 24.5 Å². The van der Waals surface area contributed by atoms with Crippen LogP contribution in [0.2, 0.25) is 0 Å². The molecule has 3 heterocycles. The molecular weight excluding hydrogens is 484 g/mol. The van der Waals surface area contributed by atoms with Gasteiger partial charge in [0.25, 0.3) is 0 Å². The van der Waals surface area contributed by atoms with E-state index in [1.807, 2.05) is 46.1 Å². The average Bonchev–Trinajstić information content (AvgIpc) is 3.53. The molecule has 0 bridgehead atoms. The van der Waals surface area contributed by atoms with E-state index in [9.17, 15) is 14.7 Å². The lowest BCUT2D eigenvalue weighted by Crippen LogP contribution is -2.53. The molecule has 1 amide bonds. The minimum atomic E-state index is -0.950. The second-order valence-corrected chi connectivity index (χ2v) is 10.1. The standard InChI is InChI=1S/C26H26N2O5S2/c29-22(17-21-3-1-2-19(16-21)4-5-20-10-15-34-18-20)8-11-27-13-14-33-26(32)28(27)12-9-23-6-7-24(35-23)25(30)31/h1-3,6-7,10,15-16,18,22,29H,8-9,11-14,17H2,(H,30,31). The molecule has 1 atom stereocenters. The molecule has 4 rings (SSSR count). The van der Waals surface area contributed by atoms with Crippen molar-refractivity contribution in [1.29, 1.82) is 0 Å². The third kappa shape index (κ3) is 7.16. The zero-order valence-corrected chi connectivity index (χ0v) is 20.7. The number of amides is 1. The first-order valence-corrected chi connectivity index (χ1v) is 13.1. The van der Waals surface area contributed by atoms with Gasteiger partial charge < -0.3 is 14.9 Å². The number of hydrazine groups is 1. The van der Waals surface area contributed by atoms with Crippen molar-refractivity contribution in [3.8, 4) is 11.8 Å². The Morgan fingerprint density at radius 2 is 2.00 bits per heavy atom. The molecule has 0 spiro atoms. The van der Waals surface area contributed by atoms with E-state index >= 15 is 0 Å². The number of nitrogens with zero attached hydrogens (tertiary/aromatic N) is 2. The average molecular weight is 511 g/mol. The minimum Gasteiger partial charge on any atom is -0.477 e. The maximum absolute atomic E-state index is 12.4. The van der Waals surface area contributed by atoms with Crippen LogP contribution < -0.4 is 0 Å². The third-order valence-electron chi connectivity index (χ3n) is 5.56. The van der Waals surface area contributed by atoms with Gasteiger partial charge in [-0.3, -0.25) is 0 Å². The molecule has 0 radical (unpaired) electrons. The third-order valence-corrected chi connectivity index (χ3v) is 7.38. The maximum atomic E-state index is 12.4. The van der Waals surface area contributed by atoms with Crippen LogP contribution in [-0.4, -0.2) is 64.6 Å². The summed E-state index contributed by atoms with van der Waals surface area (Å²) < 4.78 is 5.20. The topological polar surface area (TPSA) is 90.3 Å². The number of aromatic carboxylic acids is 1. The Bertz CT molecular complexity index is 1210. The second kappa shape index (κ2) is 12.0. The Morgan fingerprint density at radius 3 is 2.77 bits per heavy atom. The smallest absolute Gasteiger partial charge is 0.424 e. The molecule has 1 aromatic carbocycles. The van der Waals surface area contributed by atoms with E-state index in [1.54, 1.807) is 28.5 Å². The summed E-state index contributed by atoms with van der Waals surface area (Å²) in [7, 11) is 0. The summed E-state index contributed by atoms with van der Waals surface area (Å²) in [5.41, 5.74) is 2.91. The summed E-state index contributed by atoms with van der Waals surface area (Å²) >= 11 is 2.82. The highest BCUT2D eigenvalue weighted by molar-refractivity contribution is 7.13. The number of thiophene rings is 2. The minimum absolute atomic E-state index is 0.280. The van der Waals surface area contributed by atoms with E-state index in [4.69, 9.17) is 9.84 Å². The summed E-state index contributed by atoms with van der Waals surface area (Å²) in [5, 5.41) is 27.2. The number of cyclic esters (lactones) is 1. The molecule has 1 fully saturated rings. The van der Waals surface area contributed by atoms with Crippen molar-refractivity contribution in [1.82, 2.24) is 10.0 Å². The molecule has 2 aromatic heterocycles. The molecule has 7 nitrogen and oxygen atoms in total. The molecule has 9 heteroatoms. The van der Waals surface area contributed by atoms with Gasteiger partial charge >= 0.3 is 12.1 Å². The van der Waals surface area contributed by atoms with E-state index in [-0.39, 0.29) is 4.88 Å². The van der Waals surface area contributed by atoms with Gasteiger partial charge in [0.05, 0.1) is 12.6 Å². The van der Waals surface area contributed by atoms with Crippen molar-refractivity contribution in [2.24, 2.45) is 0 Å². The lowest BCUT2D eigenvalue weighted by molar-refractivity contribution is -0.0722. The highest BCUT2D eigenvalue weighted by Gasteiger charge is 2.28. The van der Waals surface area contributed by atoms with Gasteiger partial charge in [-0.25, -0.2) is 19.6 Å². The van der Waals surface area contributed by atoms with Gasteiger partial charge in [0.2, 0.25) is 0 Å². The molecule has 1 aliphatic rings. The summed E-state index contributed by atoms with van der Waals surface area (Å²) in [6.45, 7) is 1.76. The molecule has 1 saturated heterocycles. The molecule has 182 valence electrons. The van der Waals surface area contributed by atoms with E-state index < -0.39 is 18.2 Å². The normalized spacial score (nSPS) is 14.8. The predicted octanol–water partition coefficient (Wildman–Crippen LogP) is 4.11. The number of carboxylic acids is 1. The lowest BCUT2D eigenvalue weighted by Gasteiger charge is -2.38. The first-order valence-electron chi connectivity index (χ1n) is 11.3. The largest absolute Gasteiger partial charge is 0.477 e. The molecule has 0 aliphatic carbocycles. The summed E-state index contributed by atoms with van der Waals surface area (Å²) in [5.74, 6) is 5.36. The van der Waals surface area contributed by atoms with Crippen LogP contribution in [-0.2, 0) is 17.6 Å². The predicted molar refractivity (Wildman–Crippen MR) is 136 cm³/mol. The molecule has 35 heavy (non-hydrogen) atoms. The fraction of sp³-hybridized carbons (Fsp3) is 0.308. The van der Waals surface area contributed by atoms with Crippen molar-refractivity contribution >= 4 is 34.7 Å². The first kappa shape index (κ1) is 24.9. The number of aliphatic hydroxyl groups excluding tert-OH is 1. The highest BCUT2D eigenvalue weighted by Crippen LogP contribution is 2.19. The van der Waals surface area contributed by atoms with Crippen LogP contribution in [0.25, 0.3) is 0 Å². The zero-order chi connectivity index (χ0) is 24.6. The van der Waals surface area contributed by atoms with Crippen LogP contribution >= 0.6 is 22.7 Å². The number of aliphatic hydroxyl groups is 1. The number of carboxylic acid groups (broad SMARTS) is 1. The fourth-order valence-corrected chi connectivity index (χ4v) is 5.21. The van der Waals surface area contributed by atoms with Crippen LogP contribution in [0.1, 0.15) is 37.7 Å². The highest BCUT2D eigenvalue weighted by atomic mass is 32.1. The van der Waals surface area contributed by atoms with Gasteiger partial charge in [0, 0.05) is 40.9 Å². The number of carbonyl (C=O) groups is 2. The number of carbonyl (C=O) groups excluding carboxylic acids is 1. The zero-order valence-electron chi connectivity index (χ0n) is 19.1. The van der Waals surface area contributed by atoms with Crippen LogP contribution in [0, 0.1) is 11.8 Å². The summed E-state index contributed by atoms with van der Waals surface area (Å²) in [6, 6.07) is 13.2. The molecular formula is C26H26N2O5S2. The van der Waals surface area contributed by atoms with Gasteiger partial charge in [-0.2, -0.15) is 11.3 Å². The Labute approximate surface area is 212 Å². The quantitative estimate of drug-likeness (QED) is 0.421. The molecule has 1 aliphatic heterocycles. The van der Waals surface area contributed by atoms with Crippen molar-refractivity contribution in [2.75, 3.05) is 26.2 Å². The monoisotopic (exact) mass is 510 g/mol. The Balaban J connectivity index is 1.30. The molecule has 2 N–H and O–H groups in total. The SMILES string of the molecule is O=C(O)c1ccc(CCN2C(=O)OCCN2CCC(O)Cc2cccc(C#Cc3ccsc3)c2)s1. The van der Waals surface area contributed by atoms with Crippen LogP contribution in [0.4, 0.5) is 4.79 Å². The molecule has 3 aromatic rings. The summed E-state index contributed by atoms with van der Waals surface area (Å²) in [6.07, 6.45) is 0.546. The van der Waals surface area contributed by atoms with Crippen molar-refractivity contribution in [3.63, 3.8) is 0 Å². The van der Waals surface area contributed by atoms with Gasteiger partial charge in [0.15, 0.2) is 0 Å². The fourth-order valence-electron chi connectivity index (χ4n) is 3.79. The van der Waals surface area contributed by atoms with Crippen LogP contribution in [0.3, 0.4) is 0 Å². The van der Waals surface area contributed by atoms with E-state index in [0.29, 0.717) is 45.5 Å². The number of rotatable bonds is 9. The number of ether oxygens (including phenoxy) is 1. The van der Waals surface area contributed by atoms with Gasteiger partial charge in [-0.1, -0.05) is 24.0 Å². The van der Waals surface area contributed by atoms with E-state index in [0.717, 1.165) is 21.6 Å². The van der Waals surface area contributed by atoms with Crippen LogP contribution in [0.5, 0.6) is 0 Å². The Morgan fingerprint density at radius 1 is 1.14 bits per heavy atom. The molecule has 1 unspecified atom stereocenters. The molecule has 0 saturated carbocycles.